The second kappa shape index (κ2) is 8.11. The highest BCUT2D eigenvalue weighted by Crippen LogP contribution is 2.47. The van der Waals surface area contributed by atoms with E-state index in [1.54, 1.807) is 17.7 Å². The van der Waals surface area contributed by atoms with Gasteiger partial charge < -0.3 is 14.6 Å². The highest BCUT2D eigenvalue weighted by molar-refractivity contribution is 7.19. The van der Waals surface area contributed by atoms with E-state index in [9.17, 15) is 4.79 Å². The van der Waals surface area contributed by atoms with Crippen LogP contribution in [0.25, 0.3) is 21.5 Å². The van der Waals surface area contributed by atoms with Crippen LogP contribution in [0.5, 0.6) is 5.75 Å². The van der Waals surface area contributed by atoms with E-state index in [1.165, 1.54) is 12.5 Å². The smallest absolute Gasteiger partial charge is 0.217 e. The van der Waals surface area contributed by atoms with Gasteiger partial charge in [-0.25, -0.2) is 9.97 Å². The van der Waals surface area contributed by atoms with Crippen molar-refractivity contribution in [3.63, 3.8) is 0 Å². The number of hydrogen-bond donors (Lipinski definition) is 1. The van der Waals surface area contributed by atoms with E-state index >= 15 is 0 Å². The van der Waals surface area contributed by atoms with Gasteiger partial charge in [0, 0.05) is 39.9 Å². The Morgan fingerprint density at radius 2 is 2.12 bits per heavy atom. The number of aryl methyl sites for hydroxylation is 1. The van der Waals surface area contributed by atoms with Crippen LogP contribution in [0.4, 0.5) is 0 Å². The molecule has 0 radical (unpaired) electrons. The maximum absolute atomic E-state index is 11.3. The van der Waals surface area contributed by atoms with Gasteiger partial charge >= 0.3 is 0 Å². The third-order valence-corrected chi connectivity index (χ3v) is 7.56. The topological polar surface area (TPSA) is 90.1 Å². The second-order valence-corrected chi connectivity index (χ2v) is 10.1. The number of benzene rings is 1. The van der Waals surface area contributed by atoms with E-state index < -0.39 is 0 Å². The van der Waals surface area contributed by atoms with Crippen LogP contribution in [-0.4, -0.2) is 21.0 Å². The number of nitrogens with zero attached hydrogens (tertiary/aromatic N) is 3. The summed E-state index contributed by atoms with van der Waals surface area (Å²) in [7, 11) is 0. The molecule has 7 nitrogen and oxygen atoms in total. The molecule has 0 spiro atoms. The van der Waals surface area contributed by atoms with Crippen molar-refractivity contribution in [1.29, 1.82) is 0 Å². The molecule has 0 bridgehead atoms. The number of halogens is 1. The summed E-state index contributed by atoms with van der Waals surface area (Å²) < 4.78 is 13.2. The highest BCUT2D eigenvalue weighted by Gasteiger charge is 2.34. The number of fused-ring (bicyclic) bond motifs is 3. The normalized spacial score (nSPS) is 17.0. The number of amides is 1. The molecule has 1 aromatic carbocycles. The summed E-state index contributed by atoms with van der Waals surface area (Å²) in [5.74, 6) is 1.55. The van der Waals surface area contributed by atoms with Crippen LogP contribution in [0.2, 0.25) is 5.02 Å². The number of carbonyl (C=O) groups excluding carboxylic acids is 1. The monoisotopic (exact) mass is 480 g/mol. The van der Waals surface area contributed by atoms with Gasteiger partial charge in [-0.05, 0) is 43.9 Å². The number of aromatic nitrogens is 3. The summed E-state index contributed by atoms with van der Waals surface area (Å²) in [6, 6.07) is 5.84. The minimum atomic E-state index is -0.220. The van der Waals surface area contributed by atoms with Gasteiger partial charge in [0.1, 0.15) is 12.1 Å². The van der Waals surface area contributed by atoms with Crippen molar-refractivity contribution in [2.45, 2.75) is 51.7 Å². The molecule has 0 unspecified atom stereocenters. The van der Waals surface area contributed by atoms with E-state index in [0.717, 1.165) is 74.8 Å². The lowest BCUT2D eigenvalue weighted by Gasteiger charge is -2.14. The van der Waals surface area contributed by atoms with E-state index in [4.69, 9.17) is 20.9 Å². The summed E-state index contributed by atoms with van der Waals surface area (Å²) in [6.45, 7) is 1.96. The van der Waals surface area contributed by atoms with Crippen molar-refractivity contribution < 1.29 is 14.1 Å². The lowest BCUT2D eigenvalue weighted by molar-refractivity contribution is -0.119. The minimum Gasteiger partial charge on any atom is -0.481 e. The van der Waals surface area contributed by atoms with Crippen molar-refractivity contribution >= 4 is 39.1 Å². The summed E-state index contributed by atoms with van der Waals surface area (Å²) in [6.07, 6.45) is 6.26. The number of nitrogens with one attached hydrogen (secondary N) is 1. The molecule has 1 aliphatic heterocycles. The average molecular weight is 481 g/mol. The van der Waals surface area contributed by atoms with Crippen molar-refractivity contribution in [2.75, 3.05) is 0 Å². The molecule has 1 atom stereocenters. The predicted octanol–water partition coefficient (Wildman–Crippen LogP) is 5.19. The van der Waals surface area contributed by atoms with Crippen LogP contribution in [0.3, 0.4) is 0 Å². The molecule has 0 saturated heterocycles. The first kappa shape index (κ1) is 20.6. The van der Waals surface area contributed by atoms with Gasteiger partial charge in [0.25, 0.3) is 0 Å². The summed E-state index contributed by atoms with van der Waals surface area (Å²) in [5.41, 5.74) is 5.75. The van der Waals surface area contributed by atoms with E-state index in [0.29, 0.717) is 18.0 Å². The number of rotatable bonds is 4. The Kier molecular flexibility index (Phi) is 5.07. The van der Waals surface area contributed by atoms with Gasteiger partial charge in [-0.2, -0.15) is 0 Å². The standard InChI is InChI=1S/C24H21ClN4O3S/c1-12(30)26-10-15-9-19-24(33-15)21(28-11-27-19)17-8-14(25)6-13-7-20(31-22(13)17)23-16-4-2-3-5-18(16)29-32-23/h6,8-9,11,20H,2-5,7,10H2,1H3,(H,26,30)/t20-/m1/s1. The largest absolute Gasteiger partial charge is 0.481 e. The van der Waals surface area contributed by atoms with Gasteiger partial charge in [0.05, 0.1) is 28.1 Å². The average Bonchev–Trinajstić information content (AvgIpc) is 3.52. The first-order valence-electron chi connectivity index (χ1n) is 11.0. The zero-order valence-electron chi connectivity index (χ0n) is 18.0. The molecule has 0 saturated carbocycles. The Bertz CT molecular complexity index is 1400. The molecular weight excluding hydrogens is 460 g/mol. The van der Waals surface area contributed by atoms with E-state index in [-0.39, 0.29) is 12.0 Å². The van der Waals surface area contributed by atoms with Crippen LogP contribution >= 0.6 is 22.9 Å². The summed E-state index contributed by atoms with van der Waals surface area (Å²) >= 11 is 8.09. The van der Waals surface area contributed by atoms with Gasteiger partial charge in [0.15, 0.2) is 11.9 Å². The molecule has 168 valence electrons. The van der Waals surface area contributed by atoms with Crippen LogP contribution < -0.4 is 10.1 Å². The number of ether oxygens (including phenoxy) is 1. The predicted molar refractivity (Wildman–Crippen MR) is 126 cm³/mol. The zero-order valence-corrected chi connectivity index (χ0v) is 19.6. The Labute approximate surface area is 199 Å². The van der Waals surface area contributed by atoms with Gasteiger partial charge in [0.2, 0.25) is 5.91 Å². The number of thiophene rings is 1. The second-order valence-electron chi connectivity index (χ2n) is 8.49. The first-order chi connectivity index (χ1) is 16.1. The molecule has 2 aliphatic rings. The Morgan fingerprint density at radius 3 is 3.00 bits per heavy atom. The number of carbonyl (C=O) groups is 1. The maximum Gasteiger partial charge on any atom is 0.217 e. The lowest BCUT2D eigenvalue weighted by atomic mass is 9.94. The fraction of sp³-hybridized carbons (Fsp3) is 0.333. The van der Waals surface area contributed by atoms with Gasteiger partial charge in [-0.3, -0.25) is 4.79 Å². The Balaban J connectivity index is 1.40. The van der Waals surface area contributed by atoms with Crippen molar-refractivity contribution in [3.05, 3.63) is 57.0 Å². The quantitative estimate of drug-likeness (QED) is 0.432. The van der Waals surface area contributed by atoms with Crippen LogP contribution in [0, 0.1) is 0 Å². The van der Waals surface area contributed by atoms with Crippen LogP contribution in [0.1, 0.15) is 53.3 Å². The zero-order chi connectivity index (χ0) is 22.5. The molecule has 4 heterocycles. The Morgan fingerprint density at radius 1 is 1.24 bits per heavy atom. The molecule has 4 aromatic rings. The highest BCUT2D eigenvalue weighted by atomic mass is 35.5. The lowest BCUT2D eigenvalue weighted by Crippen LogP contribution is -2.17. The van der Waals surface area contributed by atoms with Crippen molar-refractivity contribution in [3.8, 4) is 17.0 Å². The van der Waals surface area contributed by atoms with E-state index in [2.05, 4.69) is 20.4 Å². The first-order valence-corrected chi connectivity index (χ1v) is 12.2. The van der Waals surface area contributed by atoms with Gasteiger partial charge in [-0.15, -0.1) is 11.3 Å². The molecular formula is C24H21ClN4O3S. The molecule has 1 N–H and O–H groups in total. The third-order valence-electron chi connectivity index (χ3n) is 6.21. The van der Waals surface area contributed by atoms with Crippen LogP contribution in [-0.2, 0) is 30.6 Å². The fourth-order valence-corrected chi connectivity index (χ4v) is 6.00. The molecule has 6 rings (SSSR count). The van der Waals surface area contributed by atoms with Crippen molar-refractivity contribution in [2.24, 2.45) is 0 Å². The SMILES string of the molecule is CC(=O)NCc1cc2ncnc(-c3cc(Cl)cc4c3O[C@@H](c3onc5c3CCCC5)C4)c2s1. The molecule has 1 amide bonds. The summed E-state index contributed by atoms with van der Waals surface area (Å²) in [4.78, 5) is 21.4. The molecule has 33 heavy (non-hydrogen) atoms. The van der Waals surface area contributed by atoms with Crippen LogP contribution in [0.15, 0.2) is 29.0 Å². The molecule has 1 aliphatic carbocycles. The molecule has 0 fully saturated rings. The van der Waals surface area contributed by atoms with Crippen molar-refractivity contribution in [1.82, 2.24) is 20.4 Å². The molecule has 3 aromatic heterocycles. The molecule has 9 heteroatoms. The van der Waals surface area contributed by atoms with Gasteiger partial charge in [-0.1, -0.05) is 16.8 Å². The Hall–Kier alpha value is -2.97. The maximum atomic E-state index is 11.3. The minimum absolute atomic E-state index is 0.0690. The number of hydrogen-bond acceptors (Lipinski definition) is 7. The summed E-state index contributed by atoms with van der Waals surface area (Å²) in [5, 5.41) is 7.78. The van der Waals surface area contributed by atoms with E-state index in [1.807, 2.05) is 18.2 Å². The fourth-order valence-electron chi connectivity index (χ4n) is 4.71. The third kappa shape index (κ3) is 3.67.